The highest BCUT2D eigenvalue weighted by Gasteiger charge is 2.14. The quantitative estimate of drug-likeness (QED) is 0.686. The van der Waals surface area contributed by atoms with E-state index in [1.807, 2.05) is 48.7 Å². The van der Waals surface area contributed by atoms with Gasteiger partial charge in [-0.25, -0.2) is 0 Å². The van der Waals surface area contributed by atoms with Crippen molar-refractivity contribution in [2.75, 3.05) is 11.4 Å². The van der Waals surface area contributed by atoms with E-state index in [0.717, 1.165) is 29.6 Å². The molecule has 0 aliphatic heterocycles. The van der Waals surface area contributed by atoms with E-state index in [9.17, 15) is 9.90 Å². The molecular weight excluding hydrogens is 288 g/mol. The number of hydrogen-bond acceptors (Lipinski definition) is 2. The first-order valence-corrected chi connectivity index (χ1v) is 7.74. The van der Waals surface area contributed by atoms with E-state index in [-0.39, 0.29) is 0 Å². The van der Waals surface area contributed by atoms with Crippen LogP contribution in [0.3, 0.4) is 0 Å². The number of aromatic amines is 1. The molecule has 1 atom stereocenters. The molecular formula is C19H20N2O2. The molecule has 2 N–H and O–H groups in total. The molecule has 0 spiro atoms. The van der Waals surface area contributed by atoms with Crippen LogP contribution in [0.1, 0.15) is 24.2 Å². The second-order valence-electron chi connectivity index (χ2n) is 5.64. The summed E-state index contributed by atoms with van der Waals surface area (Å²) in [4.78, 5) is 16.4. The molecule has 3 rings (SSSR count). The fourth-order valence-electron chi connectivity index (χ4n) is 2.91. The molecule has 0 bridgehead atoms. The predicted molar refractivity (Wildman–Crippen MR) is 92.5 cm³/mol. The van der Waals surface area contributed by atoms with Gasteiger partial charge in [-0.15, -0.1) is 0 Å². The van der Waals surface area contributed by atoms with Gasteiger partial charge >= 0.3 is 0 Å². The molecule has 0 aliphatic carbocycles. The lowest BCUT2D eigenvalue weighted by Gasteiger charge is -2.22. The van der Waals surface area contributed by atoms with Crippen LogP contribution in [-0.4, -0.2) is 23.0 Å². The molecule has 1 heterocycles. The van der Waals surface area contributed by atoms with Gasteiger partial charge in [-0.3, -0.25) is 4.79 Å². The lowest BCUT2D eigenvalue weighted by molar-refractivity contribution is -0.107. The van der Waals surface area contributed by atoms with Gasteiger partial charge in [0.1, 0.15) is 0 Å². The third-order valence-electron chi connectivity index (χ3n) is 4.12. The van der Waals surface area contributed by atoms with Gasteiger partial charge in [0, 0.05) is 34.9 Å². The summed E-state index contributed by atoms with van der Waals surface area (Å²) in [6, 6.07) is 15.6. The number of para-hydroxylation sites is 2. The number of anilines is 1. The number of rotatable bonds is 6. The van der Waals surface area contributed by atoms with Gasteiger partial charge < -0.3 is 15.0 Å². The number of fused-ring (bicyclic) bond motifs is 1. The van der Waals surface area contributed by atoms with Crippen molar-refractivity contribution >= 4 is 23.0 Å². The summed E-state index contributed by atoms with van der Waals surface area (Å²) in [7, 11) is 0. The van der Waals surface area contributed by atoms with Gasteiger partial charge in [0.25, 0.3) is 0 Å². The van der Waals surface area contributed by atoms with Crippen molar-refractivity contribution in [3.8, 4) is 0 Å². The largest absolute Gasteiger partial charge is 0.389 e. The van der Waals surface area contributed by atoms with Gasteiger partial charge in [-0.1, -0.05) is 36.4 Å². The molecule has 1 aromatic heterocycles. The maximum Gasteiger partial charge on any atom is 0.214 e. The summed E-state index contributed by atoms with van der Waals surface area (Å²) in [5, 5.41) is 11.1. The minimum absolute atomic E-state index is 0.565. The SMILES string of the molecule is CC(O)c1ccccc1N(C=O)CCc1c[nH]c2ccccc12. The highest BCUT2D eigenvalue weighted by molar-refractivity contribution is 5.83. The monoisotopic (exact) mass is 308 g/mol. The number of carbonyl (C=O) groups is 1. The van der Waals surface area contributed by atoms with E-state index in [1.165, 1.54) is 10.9 Å². The number of aliphatic hydroxyl groups is 1. The van der Waals surface area contributed by atoms with Crippen molar-refractivity contribution < 1.29 is 9.90 Å². The Kier molecular flexibility index (Phi) is 4.44. The first-order chi connectivity index (χ1) is 11.2. The Morgan fingerprint density at radius 1 is 1.17 bits per heavy atom. The van der Waals surface area contributed by atoms with E-state index in [1.54, 1.807) is 11.8 Å². The number of aromatic nitrogens is 1. The van der Waals surface area contributed by atoms with Crippen LogP contribution in [-0.2, 0) is 11.2 Å². The lowest BCUT2D eigenvalue weighted by Crippen LogP contribution is -2.25. The zero-order chi connectivity index (χ0) is 16.2. The van der Waals surface area contributed by atoms with Crippen molar-refractivity contribution in [1.82, 2.24) is 4.98 Å². The van der Waals surface area contributed by atoms with Gasteiger partial charge in [-0.05, 0) is 31.0 Å². The summed E-state index contributed by atoms with van der Waals surface area (Å²) in [5.74, 6) is 0. The topological polar surface area (TPSA) is 56.3 Å². The van der Waals surface area contributed by atoms with Crippen LogP contribution in [0.25, 0.3) is 10.9 Å². The van der Waals surface area contributed by atoms with Crippen molar-refractivity contribution in [3.63, 3.8) is 0 Å². The Morgan fingerprint density at radius 2 is 1.91 bits per heavy atom. The van der Waals surface area contributed by atoms with Crippen LogP contribution in [0.2, 0.25) is 0 Å². The normalized spacial score (nSPS) is 12.3. The first kappa shape index (κ1) is 15.3. The Hall–Kier alpha value is -2.59. The molecule has 118 valence electrons. The van der Waals surface area contributed by atoms with Crippen molar-refractivity contribution in [2.45, 2.75) is 19.4 Å². The number of aliphatic hydroxyl groups excluding tert-OH is 1. The Morgan fingerprint density at radius 3 is 2.70 bits per heavy atom. The molecule has 0 radical (unpaired) electrons. The van der Waals surface area contributed by atoms with Crippen molar-refractivity contribution in [3.05, 3.63) is 65.9 Å². The van der Waals surface area contributed by atoms with Crippen LogP contribution in [0, 0.1) is 0 Å². The van der Waals surface area contributed by atoms with Crippen LogP contribution < -0.4 is 4.90 Å². The first-order valence-electron chi connectivity index (χ1n) is 7.74. The predicted octanol–water partition coefficient (Wildman–Crippen LogP) is 3.43. The lowest BCUT2D eigenvalue weighted by atomic mass is 10.1. The van der Waals surface area contributed by atoms with E-state index >= 15 is 0 Å². The molecule has 0 fully saturated rings. The summed E-state index contributed by atoms with van der Waals surface area (Å²) >= 11 is 0. The molecule has 23 heavy (non-hydrogen) atoms. The summed E-state index contributed by atoms with van der Waals surface area (Å²) < 4.78 is 0. The maximum atomic E-state index is 11.5. The van der Waals surface area contributed by atoms with Gasteiger partial charge in [0.15, 0.2) is 0 Å². The fraction of sp³-hybridized carbons (Fsp3) is 0.211. The van der Waals surface area contributed by atoms with Crippen molar-refractivity contribution in [2.24, 2.45) is 0 Å². The molecule has 4 nitrogen and oxygen atoms in total. The van der Waals surface area contributed by atoms with Gasteiger partial charge in [0.2, 0.25) is 6.41 Å². The number of nitrogens with one attached hydrogen (secondary N) is 1. The summed E-state index contributed by atoms with van der Waals surface area (Å²) in [5.41, 5.74) is 3.81. The standard InChI is InChI=1S/C19H20N2O2/c1-14(23)16-6-3-5-9-19(16)21(13-22)11-10-15-12-20-18-8-4-2-7-17(15)18/h2-9,12-14,20,23H,10-11H2,1H3. The Balaban J connectivity index is 1.82. The van der Waals surface area contributed by atoms with E-state index in [4.69, 9.17) is 0 Å². The fourth-order valence-corrected chi connectivity index (χ4v) is 2.91. The average molecular weight is 308 g/mol. The number of benzene rings is 2. The zero-order valence-electron chi connectivity index (χ0n) is 13.1. The molecule has 1 amide bonds. The number of nitrogens with zero attached hydrogens (tertiary/aromatic N) is 1. The summed E-state index contributed by atoms with van der Waals surface area (Å²) in [6.07, 6.45) is 2.96. The van der Waals surface area contributed by atoms with Crippen LogP contribution >= 0.6 is 0 Å². The smallest absolute Gasteiger partial charge is 0.214 e. The number of H-pyrrole nitrogens is 1. The highest BCUT2D eigenvalue weighted by atomic mass is 16.3. The number of amides is 1. The van der Waals surface area contributed by atoms with Gasteiger partial charge in [0.05, 0.1) is 6.10 Å². The molecule has 0 saturated carbocycles. The molecule has 0 saturated heterocycles. The maximum absolute atomic E-state index is 11.5. The number of carbonyl (C=O) groups excluding carboxylic acids is 1. The third-order valence-corrected chi connectivity index (χ3v) is 4.12. The van der Waals surface area contributed by atoms with E-state index in [0.29, 0.717) is 6.54 Å². The van der Waals surface area contributed by atoms with Gasteiger partial charge in [-0.2, -0.15) is 0 Å². The molecule has 1 unspecified atom stereocenters. The third kappa shape index (κ3) is 3.12. The minimum atomic E-state index is -0.610. The second kappa shape index (κ2) is 6.67. The second-order valence-corrected chi connectivity index (χ2v) is 5.64. The van der Waals surface area contributed by atoms with E-state index in [2.05, 4.69) is 11.1 Å². The Bertz CT molecular complexity index is 808. The molecule has 2 aromatic carbocycles. The zero-order valence-corrected chi connectivity index (χ0v) is 13.1. The van der Waals surface area contributed by atoms with E-state index < -0.39 is 6.10 Å². The Labute approximate surface area is 135 Å². The van der Waals surface area contributed by atoms with Crippen LogP contribution in [0.4, 0.5) is 5.69 Å². The minimum Gasteiger partial charge on any atom is -0.389 e. The molecule has 4 heteroatoms. The highest BCUT2D eigenvalue weighted by Crippen LogP contribution is 2.26. The number of hydrogen-bond donors (Lipinski definition) is 2. The van der Waals surface area contributed by atoms with Crippen LogP contribution in [0.15, 0.2) is 54.7 Å². The van der Waals surface area contributed by atoms with Crippen molar-refractivity contribution in [1.29, 1.82) is 0 Å². The molecule has 0 aliphatic rings. The van der Waals surface area contributed by atoms with Crippen LogP contribution in [0.5, 0.6) is 0 Å². The summed E-state index contributed by atoms with van der Waals surface area (Å²) in [6.45, 7) is 2.27. The average Bonchev–Trinajstić information content (AvgIpc) is 2.99. The molecule has 3 aromatic rings.